The average Bonchev–Trinajstić information content (AvgIpc) is 3.16. The van der Waals surface area contributed by atoms with Gasteiger partial charge in [-0.25, -0.2) is 0 Å². The fraction of sp³-hybridized carbons (Fsp3) is 0.409. The van der Waals surface area contributed by atoms with Crippen molar-refractivity contribution in [1.29, 1.82) is 0 Å². The highest BCUT2D eigenvalue weighted by molar-refractivity contribution is 5.80. The molecular weight excluding hydrogens is 383 g/mol. The Morgan fingerprint density at radius 1 is 1.14 bits per heavy atom. The summed E-state index contributed by atoms with van der Waals surface area (Å²) in [5.74, 6) is -1.31. The molecule has 2 N–H and O–H groups in total. The molecule has 4 nitrogen and oxygen atoms in total. The molecule has 0 radical (unpaired) electrons. The zero-order valence-corrected chi connectivity index (χ0v) is 15.5. The maximum absolute atomic E-state index is 12.6. The number of ether oxygens (including phenoxy) is 1. The summed E-state index contributed by atoms with van der Waals surface area (Å²) in [6.07, 6.45) is -3.24. The maximum atomic E-state index is 12.6. The monoisotopic (exact) mass is 403 g/mol. The molecule has 152 valence electrons. The minimum absolute atomic E-state index is 0.0640. The topological polar surface area (TPSA) is 58.6 Å². The largest absolute Gasteiger partial charge is 0.573 e. The standard InChI is InChI=1S/C22H20F3NO3/c23-22(24,25)29-14-7-5-13(6-8-14)20-10-9-17(15-3-1-2-4-16(15)20)21(19(27)28)12-26-11-18(20)21/h1-8,17-18,26H,9-12H2,(H,27,28). The third-order valence-electron chi connectivity index (χ3n) is 7.25. The molecule has 0 spiro atoms. The molecule has 4 aliphatic rings. The third-order valence-corrected chi connectivity index (χ3v) is 7.25. The van der Waals surface area contributed by atoms with Crippen LogP contribution in [-0.4, -0.2) is 30.5 Å². The highest BCUT2D eigenvalue weighted by atomic mass is 19.4. The molecule has 1 saturated carbocycles. The van der Waals surface area contributed by atoms with Gasteiger partial charge in [-0.3, -0.25) is 4.79 Å². The number of carboxylic acid groups (broad SMARTS) is 1. The lowest BCUT2D eigenvalue weighted by atomic mass is 9.42. The molecule has 2 fully saturated rings. The number of fused-ring (bicyclic) bond motifs is 1. The van der Waals surface area contributed by atoms with E-state index >= 15 is 0 Å². The Kier molecular flexibility index (Phi) is 3.81. The highest BCUT2D eigenvalue weighted by Crippen LogP contribution is 2.67. The van der Waals surface area contributed by atoms with Gasteiger partial charge in [0.1, 0.15) is 5.75 Å². The van der Waals surface area contributed by atoms with Gasteiger partial charge in [-0.2, -0.15) is 0 Å². The van der Waals surface area contributed by atoms with Crippen LogP contribution in [-0.2, 0) is 10.2 Å². The number of rotatable bonds is 3. The molecular formula is C22H20F3NO3. The van der Waals surface area contributed by atoms with Crippen molar-refractivity contribution in [2.75, 3.05) is 13.1 Å². The van der Waals surface area contributed by atoms with Gasteiger partial charge in [0, 0.05) is 30.3 Å². The first-order valence-electron chi connectivity index (χ1n) is 9.69. The van der Waals surface area contributed by atoms with Gasteiger partial charge in [0.2, 0.25) is 0 Å². The zero-order chi connectivity index (χ0) is 20.4. The lowest BCUT2D eigenvalue weighted by molar-refractivity contribution is -0.274. The molecule has 6 rings (SSSR count). The summed E-state index contributed by atoms with van der Waals surface area (Å²) in [4.78, 5) is 12.6. The predicted octanol–water partition coefficient (Wildman–Crippen LogP) is 4.05. The first-order chi connectivity index (χ1) is 13.8. The number of benzene rings is 2. The van der Waals surface area contributed by atoms with E-state index in [0.29, 0.717) is 13.1 Å². The number of hydrogen-bond donors (Lipinski definition) is 2. The van der Waals surface area contributed by atoms with Crippen LogP contribution < -0.4 is 10.1 Å². The van der Waals surface area contributed by atoms with Crippen molar-refractivity contribution in [3.8, 4) is 5.75 Å². The average molecular weight is 403 g/mol. The second kappa shape index (κ2) is 5.98. The first kappa shape index (κ1) is 18.5. The van der Waals surface area contributed by atoms with Crippen LogP contribution in [0.5, 0.6) is 5.75 Å². The maximum Gasteiger partial charge on any atom is 0.573 e. The summed E-state index contributed by atoms with van der Waals surface area (Å²) >= 11 is 0. The minimum atomic E-state index is -4.75. The van der Waals surface area contributed by atoms with Crippen LogP contribution in [0, 0.1) is 11.3 Å². The van der Waals surface area contributed by atoms with Crippen LogP contribution in [0.1, 0.15) is 35.4 Å². The van der Waals surface area contributed by atoms with E-state index < -0.39 is 23.2 Å². The van der Waals surface area contributed by atoms with E-state index in [4.69, 9.17) is 0 Å². The van der Waals surface area contributed by atoms with Crippen molar-refractivity contribution in [2.45, 2.75) is 30.5 Å². The van der Waals surface area contributed by atoms with Crippen LogP contribution >= 0.6 is 0 Å². The van der Waals surface area contributed by atoms with Gasteiger partial charge in [0.25, 0.3) is 0 Å². The van der Waals surface area contributed by atoms with Crippen molar-refractivity contribution in [2.24, 2.45) is 11.3 Å². The van der Waals surface area contributed by atoms with Crippen LogP contribution in [0.3, 0.4) is 0 Å². The Balaban J connectivity index is 1.69. The van der Waals surface area contributed by atoms with Crippen LogP contribution in [0.15, 0.2) is 48.5 Å². The predicted molar refractivity (Wildman–Crippen MR) is 98.8 cm³/mol. The van der Waals surface area contributed by atoms with Gasteiger partial charge in [0.05, 0.1) is 5.41 Å². The van der Waals surface area contributed by atoms with Gasteiger partial charge >= 0.3 is 12.3 Å². The lowest BCUT2D eigenvalue weighted by Crippen LogP contribution is -2.60. The summed E-state index contributed by atoms with van der Waals surface area (Å²) < 4.78 is 41.7. The summed E-state index contributed by atoms with van der Waals surface area (Å²) in [5, 5.41) is 13.6. The van der Waals surface area contributed by atoms with E-state index in [9.17, 15) is 23.1 Å². The molecule has 7 heteroatoms. The number of alkyl halides is 3. The van der Waals surface area contributed by atoms with E-state index in [0.717, 1.165) is 29.5 Å². The zero-order valence-electron chi connectivity index (χ0n) is 15.5. The van der Waals surface area contributed by atoms with E-state index in [2.05, 4.69) is 10.1 Å². The molecule has 2 aromatic carbocycles. The smallest absolute Gasteiger partial charge is 0.481 e. The second-order valence-corrected chi connectivity index (χ2v) is 8.25. The number of nitrogens with one attached hydrogen (secondary N) is 1. The summed E-state index contributed by atoms with van der Waals surface area (Å²) in [5.41, 5.74) is 1.54. The van der Waals surface area contributed by atoms with E-state index in [1.54, 1.807) is 12.1 Å². The third kappa shape index (κ3) is 2.40. The number of aliphatic carboxylic acids is 1. The molecule has 4 unspecified atom stereocenters. The van der Waals surface area contributed by atoms with Crippen molar-refractivity contribution in [1.82, 2.24) is 5.32 Å². The summed E-state index contributed by atoms with van der Waals surface area (Å²) in [6, 6.07) is 13.9. The Morgan fingerprint density at radius 2 is 1.86 bits per heavy atom. The molecule has 1 saturated heterocycles. The first-order valence-corrected chi connectivity index (χ1v) is 9.69. The van der Waals surface area contributed by atoms with Crippen LogP contribution in [0.4, 0.5) is 13.2 Å². The number of carboxylic acids is 1. The number of halogens is 3. The Labute approximate surface area is 165 Å². The Hall–Kier alpha value is -2.54. The van der Waals surface area contributed by atoms with E-state index in [-0.39, 0.29) is 17.6 Å². The molecule has 0 aromatic heterocycles. The van der Waals surface area contributed by atoms with Crippen LogP contribution in [0.25, 0.3) is 0 Å². The lowest BCUT2D eigenvalue weighted by Gasteiger charge is -2.59. The van der Waals surface area contributed by atoms with Gasteiger partial charge in [-0.1, -0.05) is 36.4 Å². The summed E-state index contributed by atoms with van der Waals surface area (Å²) in [7, 11) is 0. The Morgan fingerprint density at radius 3 is 2.55 bits per heavy atom. The fourth-order valence-electron chi connectivity index (χ4n) is 6.30. The van der Waals surface area contributed by atoms with E-state index in [1.807, 2.05) is 24.3 Å². The van der Waals surface area contributed by atoms with Crippen molar-refractivity contribution in [3.05, 3.63) is 65.2 Å². The van der Waals surface area contributed by atoms with Crippen molar-refractivity contribution in [3.63, 3.8) is 0 Å². The SMILES string of the molecule is O=C(O)C12CNCC1C1(c3ccc(OC(F)(F)F)cc3)CCC2c2ccccc21. The van der Waals surface area contributed by atoms with Gasteiger partial charge in [-0.05, 0) is 41.7 Å². The number of hydrogen-bond acceptors (Lipinski definition) is 3. The molecule has 3 aliphatic carbocycles. The molecule has 2 aromatic rings. The van der Waals surface area contributed by atoms with Gasteiger partial charge in [0.15, 0.2) is 0 Å². The second-order valence-electron chi connectivity index (χ2n) is 8.25. The molecule has 0 amide bonds. The Bertz CT molecular complexity index is 974. The van der Waals surface area contributed by atoms with Crippen molar-refractivity contribution >= 4 is 5.97 Å². The van der Waals surface area contributed by atoms with Gasteiger partial charge in [-0.15, -0.1) is 13.2 Å². The summed E-state index contributed by atoms with van der Waals surface area (Å²) in [6.45, 7) is 0.973. The van der Waals surface area contributed by atoms with Crippen molar-refractivity contribution < 1.29 is 27.8 Å². The molecule has 1 heterocycles. The van der Waals surface area contributed by atoms with Crippen LogP contribution in [0.2, 0.25) is 0 Å². The molecule has 4 atom stereocenters. The normalized spacial score (nSPS) is 32.5. The fourth-order valence-corrected chi connectivity index (χ4v) is 6.30. The minimum Gasteiger partial charge on any atom is -0.481 e. The molecule has 29 heavy (non-hydrogen) atoms. The molecule has 2 bridgehead atoms. The highest BCUT2D eigenvalue weighted by Gasteiger charge is 2.68. The molecule has 1 aliphatic heterocycles. The van der Waals surface area contributed by atoms with E-state index in [1.165, 1.54) is 12.1 Å². The quantitative estimate of drug-likeness (QED) is 0.812. The van der Waals surface area contributed by atoms with Gasteiger partial charge < -0.3 is 15.2 Å². The number of carbonyl (C=O) groups is 1.